The molecule has 0 aliphatic heterocycles. The number of nitrogens with zero attached hydrogens (tertiary/aromatic N) is 4. The first-order chi connectivity index (χ1) is 13.7. The zero-order valence-corrected chi connectivity index (χ0v) is 16.4. The third-order valence-electron chi connectivity index (χ3n) is 4.69. The predicted octanol–water partition coefficient (Wildman–Crippen LogP) is 3.03. The summed E-state index contributed by atoms with van der Waals surface area (Å²) in [7, 11) is 1.52. The number of hydrogen-bond donors (Lipinski definition) is 1. The molecule has 1 aliphatic carbocycles. The summed E-state index contributed by atoms with van der Waals surface area (Å²) in [6, 6.07) is 7.74. The molecular formula is C21H26N4O3. The van der Waals surface area contributed by atoms with Gasteiger partial charge >= 0.3 is 0 Å². The van der Waals surface area contributed by atoms with E-state index in [2.05, 4.69) is 20.3 Å². The minimum atomic E-state index is 0.0274. The van der Waals surface area contributed by atoms with Gasteiger partial charge in [-0.05, 0) is 68.4 Å². The van der Waals surface area contributed by atoms with Gasteiger partial charge in [-0.3, -0.25) is 9.97 Å². The minimum absolute atomic E-state index is 0.0274. The van der Waals surface area contributed by atoms with Crippen LogP contribution in [0.15, 0.2) is 40.8 Å². The highest BCUT2D eigenvalue weighted by Crippen LogP contribution is 2.23. The number of hydrogen-bond acceptors (Lipinski definition) is 7. The molecule has 0 spiro atoms. The molecule has 0 radical (unpaired) electrons. The fourth-order valence-corrected chi connectivity index (χ4v) is 3.29. The maximum absolute atomic E-state index is 9.50. The van der Waals surface area contributed by atoms with E-state index in [1.807, 2.05) is 31.2 Å². The van der Waals surface area contributed by atoms with Crippen molar-refractivity contribution >= 4 is 11.4 Å². The average Bonchev–Trinajstić information content (AvgIpc) is 2.73. The lowest BCUT2D eigenvalue weighted by Crippen LogP contribution is -2.16. The zero-order chi connectivity index (χ0) is 19.8. The standard InChI is InChI=1S/C21H26N4O3/c1-15(24-27-2)19-9-3-6-17(23-19)7-5-13-28-25-20-10-4-8-18-16(14-26)11-12-22-21(18)20/h3,6,9,11-12,26H,4-5,7-8,10,13-14H2,1-2H3/b24-15+,25-20+. The average molecular weight is 382 g/mol. The van der Waals surface area contributed by atoms with Crippen molar-refractivity contribution in [1.82, 2.24) is 9.97 Å². The van der Waals surface area contributed by atoms with Gasteiger partial charge < -0.3 is 14.8 Å². The minimum Gasteiger partial charge on any atom is -0.399 e. The van der Waals surface area contributed by atoms with Crippen molar-refractivity contribution < 1.29 is 14.8 Å². The van der Waals surface area contributed by atoms with Gasteiger partial charge in [-0.25, -0.2) is 0 Å². The SMILES string of the molecule is CO/N=C(\C)c1cccc(CCCO/N=C2\CCCc3c(CO)ccnc32)n1. The first kappa shape index (κ1) is 19.9. The van der Waals surface area contributed by atoms with Gasteiger partial charge in [-0.1, -0.05) is 16.4 Å². The maximum Gasteiger partial charge on any atom is 0.117 e. The smallest absolute Gasteiger partial charge is 0.117 e. The van der Waals surface area contributed by atoms with E-state index in [1.165, 1.54) is 7.11 Å². The molecule has 7 nitrogen and oxygen atoms in total. The van der Waals surface area contributed by atoms with Crippen LogP contribution in [-0.4, -0.2) is 40.2 Å². The number of fused-ring (bicyclic) bond motifs is 1. The Morgan fingerprint density at radius 2 is 2.14 bits per heavy atom. The molecule has 7 heteroatoms. The first-order valence-corrected chi connectivity index (χ1v) is 9.53. The number of oxime groups is 2. The van der Waals surface area contributed by atoms with Gasteiger partial charge in [0.2, 0.25) is 0 Å². The van der Waals surface area contributed by atoms with Gasteiger partial charge in [0.05, 0.1) is 18.0 Å². The summed E-state index contributed by atoms with van der Waals surface area (Å²) in [6.07, 6.45) is 6.08. The van der Waals surface area contributed by atoms with Crippen molar-refractivity contribution in [3.63, 3.8) is 0 Å². The monoisotopic (exact) mass is 382 g/mol. The van der Waals surface area contributed by atoms with Crippen molar-refractivity contribution in [1.29, 1.82) is 0 Å². The van der Waals surface area contributed by atoms with E-state index in [0.717, 1.165) is 71.7 Å². The summed E-state index contributed by atoms with van der Waals surface area (Å²) in [5.74, 6) is 0. The van der Waals surface area contributed by atoms with Crippen molar-refractivity contribution in [2.45, 2.75) is 45.6 Å². The zero-order valence-electron chi connectivity index (χ0n) is 16.4. The van der Waals surface area contributed by atoms with E-state index in [-0.39, 0.29) is 6.61 Å². The summed E-state index contributed by atoms with van der Waals surface area (Å²) >= 11 is 0. The molecule has 0 saturated heterocycles. The molecule has 0 bridgehead atoms. The molecule has 148 valence electrons. The number of rotatable bonds is 8. The van der Waals surface area contributed by atoms with Gasteiger partial charge in [0.1, 0.15) is 25.1 Å². The Kier molecular flexibility index (Phi) is 7.08. The van der Waals surface area contributed by atoms with Crippen LogP contribution in [0, 0.1) is 0 Å². The largest absolute Gasteiger partial charge is 0.399 e. The van der Waals surface area contributed by atoms with E-state index < -0.39 is 0 Å². The van der Waals surface area contributed by atoms with Gasteiger partial charge in [-0.2, -0.15) is 0 Å². The van der Waals surface area contributed by atoms with Crippen LogP contribution in [0.3, 0.4) is 0 Å². The highest BCUT2D eigenvalue weighted by Gasteiger charge is 2.20. The number of pyridine rings is 2. The number of aliphatic hydroxyl groups is 1. The maximum atomic E-state index is 9.50. The Balaban J connectivity index is 1.55. The van der Waals surface area contributed by atoms with E-state index in [0.29, 0.717) is 6.61 Å². The van der Waals surface area contributed by atoms with Crippen LogP contribution in [0.25, 0.3) is 0 Å². The fraction of sp³-hybridized carbons (Fsp3) is 0.429. The van der Waals surface area contributed by atoms with Crippen molar-refractivity contribution in [2.75, 3.05) is 13.7 Å². The highest BCUT2D eigenvalue weighted by molar-refractivity contribution is 6.00. The summed E-state index contributed by atoms with van der Waals surface area (Å²) < 4.78 is 0. The van der Waals surface area contributed by atoms with Crippen LogP contribution < -0.4 is 0 Å². The second-order valence-electron chi connectivity index (χ2n) is 6.66. The first-order valence-electron chi connectivity index (χ1n) is 9.53. The molecule has 0 atom stereocenters. The molecule has 2 aromatic heterocycles. The Morgan fingerprint density at radius 1 is 1.25 bits per heavy atom. The van der Waals surface area contributed by atoms with Crippen LogP contribution in [-0.2, 0) is 29.1 Å². The topological polar surface area (TPSA) is 89.2 Å². The van der Waals surface area contributed by atoms with Crippen LogP contribution in [0.1, 0.15) is 54.4 Å². The third-order valence-corrected chi connectivity index (χ3v) is 4.69. The fourth-order valence-electron chi connectivity index (χ4n) is 3.29. The Hall–Kier alpha value is -2.80. The van der Waals surface area contributed by atoms with Crippen LogP contribution in [0.4, 0.5) is 0 Å². The van der Waals surface area contributed by atoms with E-state index in [1.54, 1.807) is 6.20 Å². The van der Waals surface area contributed by atoms with E-state index in [4.69, 9.17) is 9.68 Å². The molecule has 0 saturated carbocycles. The number of aryl methyl sites for hydroxylation is 1. The van der Waals surface area contributed by atoms with Crippen LogP contribution in [0.5, 0.6) is 0 Å². The van der Waals surface area contributed by atoms with Gasteiger partial charge in [0.25, 0.3) is 0 Å². The second-order valence-corrected chi connectivity index (χ2v) is 6.66. The molecule has 0 fully saturated rings. The number of aliphatic hydroxyl groups excluding tert-OH is 1. The van der Waals surface area contributed by atoms with Crippen molar-refractivity contribution in [3.05, 3.63) is 58.7 Å². The Morgan fingerprint density at radius 3 is 2.96 bits per heavy atom. The summed E-state index contributed by atoms with van der Waals surface area (Å²) in [6.45, 7) is 2.41. The van der Waals surface area contributed by atoms with Crippen LogP contribution >= 0.6 is 0 Å². The Labute approximate surface area is 165 Å². The number of aromatic nitrogens is 2. The summed E-state index contributed by atoms with van der Waals surface area (Å²) in [5, 5.41) is 17.7. The quantitative estimate of drug-likeness (QED) is 0.431. The van der Waals surface area contributed by atoms with Gasteiger partial charge in [0, 0.05) is 11.9 Å². The van der Waals surface area contributed by atoms with Gasteiger partial charge in [-0.15, -0.1) is 0 Å². The van der Waals surface area contributed by atoms with E-state index >= 15 is 0 Å². The molecule has 1 aliphatic rings. The predicted molar refractivity (Wildman–Crippen MR) is 107 cm³/mol. The molecule has 2 heterocycles. The Bertz CT molecular complexity index is 864. The molecule has 0 unspecified atom stereocenters. The summed E-state index contributed by atoms with van der Waals surface area (Å²) in [5.41, 5.74) is 6.28. The van der Waals surface area contributed by atoms with Crippen molar-refractivity contribution in [3.8, 4) is 0 Å². The molecule has 0 aromatic carbocycles. The molecule has 1 N–H and O–H groups in total. The molecular weight excluding hydrogens is 356 g/mol. The van der Waals surface area contributed by atoms with Gasteiger partial charge in [0.15, 0.2) is 0 Å². The summed E-state index contributed by atoms with van der Waals surface area (Å²) in [4.78, 5) is 19.4. The highest BCUT2D eigenvalue weighted by atomic mass is 16.6. The second kappa shape index (κ2) is 9.94. The van der Waals surface area contributed by atoms with Crippen LogP contribution in [0.2, 0.25) is 0 Å². The molecule has 2 aromatic rings. The lowest BCUT2D eigenvalue weighted by atomic mass is 9.91. The third kappa shape index (κ3) is 4.92. The normalized spacial score (nSPS) is 15.4. The van der Waals surface area contributed by atoms with Crippen molar-refractivity contribution in [2.24, 2.45) is 10.3 Å². The molecule has 0 amide bonds. The van der Waals surface area contributed by atoms with E-state index in [9.17, 15) is 5.11 Å². The lowest BCUT2D eigenvalue weighted by Gasteiger charge is -2.18. The lowest BCUT2D eigenvalue weighted by molar-refractivity contribution is 0.141. The molecule has 3 rings (SSSR count). The molecule has 28 heavy (non-hydrogen) atoms.